The van der Waals surface area contributed by atoms with Crippen LogP contribution in [0, 0.1) is 6.92 Å². The van der Waals surface area contributed by atoms with Crippen molar-refractivity contribution in [3.8, 4) is 22.8 Å². The fourth-order valence-electron chi connectivity index (χ4n) is 4.10. The van der Waals surface area contributed by atoms with E-state index < -0.39 is 0 Å². The summed E-state index contributed by atoms with van der Waals surface area (Å²) >= 11 is 0. The van der Waals surface area contributed by atoms with E-state index in [1.165, 1.54) is 21.9 Å². The maximum absolute atomic E-state index is 13.2. The normalized spacial score (nSPS) is 13.1. The topological polar surface area (TPSA) is 94.1 Å². The van der Waals surface area contributed by atoms with Gasteiger partial charge in [0.25, 0.3) is 11.4 Å². The van der Waals surface area contributed by atoms with E-state index >= 15 is 0 Å². The zero-order chi connectivity index (χ0) is 22.8. The number of benzene rings is 2. The van der Waals surface area contributed by atoms with Gasteiger partial charge in [-0.3, -0.25) is 14.2 Å². The molecule has 0 unspecified atom stereocenters. The molecule has 0 spiro atoms. The summed E-state index contributed by atoms with van der Waals surface area (Å²) in [6.07, 6.45) is 2.51. The van der Waals surface area contributed by atoms with E-state index in [2.05, 4.69) is 27.3 Å². The van der Waals surface area contributed by atoms with Crippen LogP contribution in [0.2, 0.25) is 0 Å². The maximum atomic E-state index is 13.2. The van der Waals surface area contributed by atoms with Crippen LogP contribution in [0.3, 0.4) is 0 Å². The average Bonchev–Trinajstić information content (AvgIpc) is 3.34. The van der Waals surface area contributed by atoms with Crippen LogP contribution in [0.5, 0.6) is 0 Å². The number of rotatable bonds is 5. The monoisotopic (exact) mass is 441 g/mol. The van der Waals surface area contributed by atoms with Gasteiger partial charge < -0.3 is 9.42 Å². The first-order valence-electron chi connectivity index (χ1n) is 10.9. The quantitative estimate of drug-likeness (QED) is 0.472. The third-order valence-electron chi connectivity index (χ3n) is 5.97. The van der Waals surface area contributed by atoms with Crippen LogP contribution < -0.4 is 5.56 Å². The highest BCUT2D eigenvalue weighted by Crippen LogP contribution is 2.21. The number of amides is 1. The largest absolute Gasteiger partial charge is 0.338 e. The van der Waals surface area contributed by atoms with Crippen LogP contribution in [0.15, 0.2) is 70.1 Å². The summed E-state index contributed by atoms with van der Waals surface area (Å²) in [5.74, 6) is 1.06. The Kier molecular flexibility index (Phi) is 5.56. The fourth-order valence-corrected chi connectivity index (χ4v) is 4.10. The van der Waals surface area contributed by atoms with E-state index in [4.69, 9.17) is 4.52 Å². The zero-order valence-corrected chi connectivity index (χ0v) is 18.3. The molecule has 8 heteroatoms. The van der Waals surface area contributed by atoms with Crippen molar-refractivity contribution in [1.29, 1.82) is 0 Å². The summed E-state index contributed by atoms with van der Waals surface area (Å²) in [5, 5.41) is 3.99. The molecule has 5 rings (SSSR count). The van der Waals surface area contributed by atoms with Crippen LogP contribution >= 0.6 is 0 Å². The first-order chi connectivity index (χ1) is 16.1. The minimum absolute atomic E-state index is 0.0189. The van der Waals surface area contributed by atoms with Gasteiger partial charge in [-0.25, -0.2) is 4.98 Å². The van der Waals surface area contributed by atoms with Gasteiger partial charge in [-0.2, -0.15) is 4.98 Å². The number of hydrogen-bond acceptors (Lipinski definition) is 6. The van der Waals surface area contributed by atoms with Gasteiger partial charge in [-0.1, -0.05) is 59.8 Å². The Bertz CT molecular complexity index is 1360. The molecular formula is C25H23N5O3. The molecule has 2 aromatic heterocycles. The van der Waals surface area contributed by atoms with Gasteiger partial charge in [-0.15, -0.1) is 0 Å². The van der Waals surface area contributed by atoms with Gasteiger partial charge in [0.1, 0.15) is 11.4 Å². The van der Waals surface area contributed by atoms with Gasteiger partial charge in [0, 0.05) is 37.8 Å². The van der Waals surface area contributed by atoms with E-state index in [1.807, 2.05) is 47.4 Å². The second-order valence-electron chi connectivity index (χ2n) is 8.05. The molecule has 1 aliphatic rings. The van der Waals surface area contributed by atoms with Gasteiger partial charge in [0.15, 0.2) is 0 Å². The Morgan fingerprint density at radius 1 is 1.06 bits per heavy atom. The van der Waals surface area contributed by atoms with Crippen molar-refractivity contribution < 1.29 is 9.32 Å². The van der Waals surface area contributed by atoms with Crippen LogP contribution in [-0.2, 0) is 24.3 Å². The minimum atomic E-state index is -0.303. The van der Waals surface area contributed by atoms with Gasteiger partial charge in [-0.05, 0) is 24.5 Å². The van der Waals surface area contributed by atoms with Crippen LogP contribution in [-0.4, -0.2) is 37.0 Å². The van der Waals surface area contributed by atoms with Crippen molar-refractivity contribution in [2.45, 2.75) is 32.9 Å². The fraction of sp³-hybridized carbons (Fsp3) is 0.240. The molecule has 0 aliphatic carbocycles. The molecule has 1 amide bonds. The van der Waals surface area contributed by atoms with Gasteiger partial charge in [0.2, 0.25) is 11.7 Å². The van der Waals surface area contributed by atoms with E-state index in [9.17, 15) is 9.59 Å². The maximum Gasteiger partial charge on any atom is 0.266 e. The minimum Gasteiger partial charge on any atom is -0.338 e. The lowest BCUT2D eigenvalue weighted by atomic mass is 10.00. The standard InChI is InChI=1S/C25H23N5O3/c1-17-26-15-21(24-27-23(28-33-24)19-8-3-2-4-9-19)25(32)30(17)14-12-22(31)29-13-11-18-7-5-6-10-20(18)16-29/h2-10,15H,11-14,16H2,1H3. The molecule has 0 saturated carbocycles. The lowest BCUT2D eigenvalue weighted by molar-refractivity contribution is -0.132. The molecule has 166 valence electrons. The van der Waals surface area contributed by atoms with E-state index in [0.29, 0.717) is 24.7 Å². The molecule has 0 radical (unpaired) electrons. The Balaban J connectivity index is 1.33. The van der Waals surface area contributed by atoms with Crippen molar-refractivity contribution in [3.05, 3.63) is 88.1 Å². The Morgan fingerprint density at radius 3 is 2.64 bits per heavy atom. The van der Waals surface area contributed by atoms with Crippen molar-refractivity contribution in [2.75, 3.05) is 6.54 Å². The van der Waals surface area contributed by atoms with Crippen molar-refractivity contribution in [3.63, 3.8) is 0 Å². The van der Waals surface area contributed by atoms with Gasteiger partial charge >= 0.3 is 0 Å². The molecule has 4 aromatic rings. The molecule has 0 N–H and O–H groups in total. The molecule has 0 bridgehead atoms. The van der Waals surface area contributed by atoms with Crippen molar-refractivity contribution in [1.82, 2.24) is 24.6 Å². The number of carbonyl (C=O) groups is 1. The number of carbonyl (C=O) groups excluding carboxylic acids is 1. The Hall–Kier alpha value is -4.07. The second kappa shape index (κ2) is 8.82. The molecule has 33 heavy (non-hydrogen) atoms. The summed E-state index contributed by atoms with van der Waals surface area (Å²) in [4.78, 5) is 36.6. The molecule has 2 aromatic carbocycles. The predicted molar refractivity (Wildman–Crippen MR) is 122 cm³/mol. The average molecular weight is 441 g/mol. The number of fused-ring (bicyclic) bond motifs is 1. The number of nitrogens with zero attached hydrogens (tertiary/aromatic N) is 5. The first kappa shape index (κ1) is 20.8. The SMILES string of the molecule is Cc1ncc(-c2nc(-c3ccccc3)no2)c(=O)n1CCC(=O)N1CCc2ccccc2C1. The van der Waals surface area contributed by atoms with Crippen LogP contribution in [0.25, 0.3) is 22.8 Å². The molecule has 1 aliphatic heterocycles. The molecule has 0 saturated heterocycles. The molecule has 8 nitrogen and oxygen atoms in total. The summed E-state index contributed by atoms with van der Waals surface area (Å²) < 4.78 is 6.84. The lowest BCUT2D eigenvalue weighted by Gasteiger charge is -2.29. The molecule has 0 fully saturated rings. The summed E-state index contributed by atoms with van der Waals surface area (Å²) in [7, 11) is 0. The molecule has 3 heterocycles. The predicted octanol–water partition coefficient (Wildman–Crippen LogP) is 3.24. The highest BCUT2D eigenvalue weighted by Gasteiger charge is 2.21. The Labute approximate surface area is 190 Å². The highest BCUT2D eigenvalue weighted by molar-refractivity contribution is 5.76. The Morgan fingerprint density at radius 2 is 1.82 bits per heavy atom. The van der Waals surface area contributed by atoms with Crippen LogP contribution in [0.1, 0.15) is 23.4 Å². The number of aryl methyl sites for hydroxylation is 1. The second-order valence-corrected chi connectivity index (χ2v) is 8.05. The van der Waals surface area contributed by atoms with Crippen molar-refractivity contribution in [2.24, 2.45) is 0 Å². The summed E-state index contributed by atoms with van der Waals surface area (Å²) in [5.41, 5.74) is 3.18. The van der Waals surface area contributed by atoms with Crippen LogP contribution in [0.4, 0.5) is 0 Å². The summed E-state index contributed by atoms with van der Waals surface area (Å²) in [6, 6.07) is 17.6. The number of hydrogen-bond donors (Lipinski definition) is 0. The highest BCUT2D eigenvalue weighted by atomic mass is 16.5. The molecular weight excluding hydrogens is 418 g/mol. The zero-order valence-electron chi connectivity index (χ0n) is 18.3. The third-order valence-corrected chi connectivity index (χ3v) is 5.97. The van der Waals surface area contributed by atoms with E-state index in [-0.39, 0.29) is 35.9 Å². The summed E-state index contributed by atoms with van der Waals surface area (Å²) in [6.45, 7) is 3.27. The molecule has 0 atom stereocenters. The van der Waals surface area contributed by atoms with E-state index in [0.717, 1.165) is 12.0 Å². The van der Waals surface area contributed by atoms with Gasteiger partial charge in [0.05, 0.1) is 0 Å². The van der Waals surface area contributed by atoms with Crippen molar-refractivity contribution >= 4 is 5.91 Å². The first-order valence-corrected chi connectivity index (χ1v) is 10.9. The van der Waals surface area contributed by atoms with E-state index in [1.54, 1.807) is 6.92 Å². The third kappa shape index (κ3) is 4.19. The number of aromatic nitrogens is 4. The lowest BCUT2D eigenvalue weighted by Crippen LogP contribution is -2.37. The smallest absolute Gasteiger partial charge is 0.266 e.